The molecule has 0 radical (unpaired) electrons. The fourth-order valence-electron chi connectivity index (χ4n) is 1.85. The number of carbonyl (C=O) groups is 2. The second-order valence-corrected chi connectivity index (χ2v) is 5.17. The van der Waals surface area contributed by atoms with Crippen molar-refractivity contribution in [1.29, 1.82) is 0 Å². The van der Waals surface area contributed by atoms with Crippen molar-refractivity contribution in [2.24, 2.45) is 11.7 Å². The van der Waals surface area contributed by atoms with E-state index in [9.17, 15) is 9.59 Å². The smallest absolute Gasteiger partial charge is 0.303 e. The highest BCUT2D eigenvalue weighted by molar-refractivity contribution is 5.82. The van der Waals surface area contributed by atoms with E-state index in [2.05, 4.69) is 5.32 Å². The summed E-state index contributed by atoms with van der Waals surface area (Å²) < 4.78 is 0. The molecule has 110 valence electrons. The van der Waals surface area contributed by atoms with E-state index in [-0.39, 0.29) is 24.3 Å². The molecule has 5 nitrogen and oxygen atoms in total. The van der Waals surface area contributed by atoms with Gasteiger partial charge in [0.2, 0.25) is 5.91 Å². The molecule has 0 aliphatic carbocycles. The highest BCUT2D eigenvalue weighted by Crippen LogP contribution is 2.18. The van der Waals surface area contributed by atoms with E-state index < -0.39 is 12.0 Å². The lowest BCUT2D eigenvalue weighted by atomic mass is 9.99. The van der Waals surface area contributed by atoms with E-state index in [1.54, 1.807) is 0 Å². The maximum atomic E-state index is 12.0. The number of rotatable bonds is 7. The van der Waals surface area contributed by atoms with Gasteiger partial charge in [-0.2, -0.15) is 0 Å². The average molecular weight is 278 g/mol. The molecule has 0 spiro atoms. The second kappa shape index (κ2) is 7.65. The number of carboxylic acid groups (broad SMARTS) is 1. The summed E-state index contributed by atoms with van der Waals surface area (Å²) >= 11 is 0. The Balaban J connectivity index is 2.78. The van der Waals surface area contributed by atoms with Crippen molar-refractivity contribution in [1.82, 2.24) is 5.32 Å². The second-order valence-electron chi connectivity index (χ2n) is 5.17. The molecule has 0 bridgehead atoms. The van der Waals surface area contributed by atoms with Crippen LogP contribution >= 0.6 is 0 Å². The lowest BCUT2D eigenvalue weighted by Crippen LogP contribution is -2.45. The first-order chi connectivity index (χ1) is 9.41. The monoisotopic (exact) mass is 278 g/mol. The van der Waals surface area contributed by atoms with Crippen LogP contribution in [0.1, 0.15) is 38.3 Å². The van der Waals surface area contributed by atoms with Gasteiger partial charge in [0.1, 0.15) is 0 Å². The maximum absolute atomic E-state index is 12.0. The number of carbonyl (C=O) groups excluding carboxylic acids is 1. The number of benzene rings is 1. The van der Waals surface area contributed by atoms with Gasteiger partial charge in [0.15, 0.2) is 0 Å². The minimum Gasteiger partial charge on any atom is -0.481 e. The summed E-state index contributed by atoms with van der Waals surface area (Å²) in [6.07, 6.45) is 0.340. The van der Waals surface area contributed by atoms with Crippen molar-refractivity contribution in [3.05, 3.63) is 35.9 Å². The standard InChI is InChI=1S/C15H22N2O3/c1-10(2)14(16)15(20)17-12(8-9-13(18)19)11-6-4-3-5-7-11/h3-7,10,12,14H,8-9,16H2,1-2H3,(H,17,20)(H,18,19)/t12?,14-/m1/s1. The molecule has 4 N–H and O–H groups in total. The first-order valence-electron chi connectivity index (χ1n) is 6.74. The molecule has 0 heterocycles. The number of nitrogens with two attached hydrogens (primary N) is 1. The van der Waals surface area contributed by atoms with E-state index in [1.165, 1.54) is 0 Å². The summed E-state index contributed by atoms with van der Waals surface area (Å²) in [5.41, 5.74) is 6.70. The first kappa shape index (κ1) is 16.2. The molecule has 0 aromatic heterocycles. The molecule has 1 aromatic rings. The molecule has 0 aliphatic heterocycles. The van der Waals surface area contributed by atoms with Crippen LogP contribution in [0, 0.1) is 5.92 Å². The molecule has 20 heavy (non-hydrogen) atoms. The first-order valence-corrected chi connectivity index (χ1v) is 6.74. The lowest BCUT2D eigenvalue weighted by Gasteiger charge is -2.22. The van der Waals surface area contributed by atoms with Crippen molar-refractivity contribution in [2.45, 2.75) is 38.8 Å². The van der Waals surface area contributed by atoms with Crippen LogP contribution in [0.4, 0.5) is 0 Å². The molecule has 5 heteroatoms. The van der Waals surface area contributed by atoms with Crippen LogP contribution in [0.15, 0.2) is 30.3 Å². The van der Waals surface area contributed by atoms with Gasteiger partial charge in [-0.3, -0.25) is 9.59 Å². The molecule has 2 atom stereocenters. The van der Waals surface area contributed by atoms with Crippen molar-refractivity contribution in [3.8, 4) is 0 Å². The summed E-state index contributed by atoms with van der Waals surface area (Å²) in [7, 11) is 0. The predicted octanol–water partition coefficient (Wildman–Crippen LogP) is 1.69. The minimum absolute atomic E-state index is 0.00322. The Hall–Kier alpha value is -1.88. The molecular formula is C15H22N2O3. The Morgan fingerprint density at radius 2 is 1.85 bits per heavy atom. The summed E-state index contributed by atoms with van der Waals surface area (Å²) in [6, 6.07) is 8.41. The van der Waals surface area contributed by atoms with Crippen LogP contribution in [0.5, 0.6) is 0 Å². The predicted molar refractivity (Wildman–Crippen MR) is 77.0 cm³/mol. The van der Waals surface area contributed by atoms with E-state index in [0.717, 1.165) is 5.56 Å². The molecule has 0 fully saturated rings. The fourth-order valence-corrected chi connectivity index (χ4v) is 1.85. The largest absolute Gasteiger partial charge is 0.481 e. The summed E-state index contributed by atoms with van der Waals surface area (Å²) in [5.74, 6) is -1.10. The number of nitrogens with one attached hydrogen (secondary N) is 1. The van der Waals surface area contributed by atoms with Gasteiger partial charge in [-0.15, -0.1) is 0 Å². The Kier molecular flexibility index (Phi) is 6.18. The Morgan fingerprint density at radius 3 is 2.35 bits per heavy atom. The molecule has 0 saturated carbocycles. The third-order valence-corrected chi connectivity index (χ3v) is 3.19. The van der Waals surface area contributed by atoms with Crippen molar-refractivity contribution in [2.75, 3.05) is 0 Å². The molecule has 1 rings (SSSR count). The van der Waals surface area contributed by atoms with Gasteiger partial charge in [0.25, 0.3) is 0 Å². The van der Waals surface area contributed by atoms with Crippen LogP contribution < -0.4 is 11.1 Å². The Labute approximate surface area is 119 Å². The van der Waals surface area contributed by atoms with E-state index in [4.69, 9.17) is 10.8 Å². The average Bonchev–Trinajstić information content (AvgIpc) is 2.42. The SMILES string of the molecule is CC(C)[C@@H](N)C(=O)NC(CCC(=O)O)c1ccccc1. The molecule has 0 aliphatic rings. The third-order valence-electron chi connectivity index (χ3n) is 3.19. The zero-order chi connectivity index (χ0) is 15.1. The van der Waals surface area contributed by atoms with Crippen LogP contribution in [-0.4, -0.2) is 23.0 Å². The lowest BCUT2D eigenvalue weighted by molar-refractivity contribution is -0.137. The number of aliphatic carboxylic acids is 1. The van der Waals surface area contributed by atoms with Crippen molar-refractivity contribution < 1.29 is 14.7 Å². The van der Waals surface area contributed by atoms with Gasteiger partial charge in [-0.05, 0) is 17.9 Å². The van der Waals surface area contributed by atoms with Crippen LogP contribution in [0.2, 0.25) is 0 Å². The number of hydrogen-bond acceptors (Lipinski definition) is 3. The summed E-state index contributed by atoms with van der Waals surface area (Å²) in [6.45, 7) is 3.75. The van der Waals surface area contributed by atoms with Gasteiger partial charge >= 0.3 is 5.97 Å². The van der Waals surface area contributed by atoms with Gasteiger partial charge in [-0.1, -0.05) is 44.2 Å². The minimum atomic E-state index is -0.881. The highest BCUT2D eigenvalue weighted by atomic mass is 16.4. The molecular weight excluding hydrogens is 256 g/mol. The Bertz CT molecular complexity index is 446. The Morgan fingerprint density at radius 1 is 1.25 bits per heavy atom. The number of hydrogen-bond donors (Lipinski definition) is 3. The molecule has 1 amide bonds. The van der Waals surface area contributed by atoms with Crippen LogP contribution in [0.25, 0.3) is 0 Å². The van der Waals surface area contributed by atoms with Gasteiger partial charge < -0.3 is 16.2 Å². The van der Waals surface area contributed by atoms with E-state index in [1.807, 2.05) is 44.2 Å². The zero-order valence-electron chi connectivity index (χ0n) is 11.9. The van der Waals surface area contributed by atoms with Crippen molar-refractivity contribution in [3.63, 3.8) is 0 Å². The topological polar surface area (TPSA) is 92.4 Å². The molecule has 0 saturated heterocycles. The van der Waals surface area contributed by atoms with Gasteiger partial charge in [0, 0.05) is 6.42 Å². The summed E-state index contributed by atoms with van der Waals surface area (Å²) in [5, 5.41) is 11.6. The van der Waals surface area contributed by atoms with Crippen molar-refractivity contribution >= 4 is 11.9 Å². The summed E-state index contributed by atoms with van der Waals surface area (Å²) in [4.78, 5) is 22.8. The molecule has 1 aromatic carbocycles. The van der Waals surface area contributed by atoms with Crippen LogP contribution in [0.3, 0.4) is 0 Å². The normalized spacial score (nSPS) is 13.8. The van der Waals surface area contributed by atoms with Gasteiger partial charge in [-0.25, -0.2) is 0 Å². The van der Waals surface area contributed by atoms with Gasteiger partial charge in [0.05, 0.1) is 12.1 Å². The van der Waals surface area contributed by atoms with E-state index in [0.29, 0.717) is 6.42 Å². The maximum Gasteiger partial charge on any atom is 0.303 e. The zero-order valence-corrected chi connectivity index (χ0v) is 11.9. The fraction of sp³-hybridized carbons (Fsp3) is 0.467. The van der Waals surface area contributed by atoms with E-state index >= 15 is 0 Å². The number of carboxylic acids is 1. The van der Waals surface area contributed by atoms with Crippen LogP contribution in [-0.2, 0) is 9.59 Å². The third kappa shape index (κ3) is 5.01. The quantitative estimate of drug-likeness (QED) is 0.707. The molecule has 1 unspecified atom stereocenters. The highest BCUT2D eigenvalue weighted by Gasteiger charge is 2.22. The number of amides is 1.